The average Bonchev–Trinajstić information content (AvgIpc) is 3.29. The van der Waals surface area contributed by atoms with E-state index in [1.807, 2.05) is 0 Å². The number of carboxylic acid groups (broad SMARTS) is 2. The van der Waals surface area contributed by atoms with Gasteiger partial charge in [-0.25, -0.2) is 4.79 Å². The number of carboxylic acids is 2. The van der Waals surface area contributed by atoms with Gasteiger partial charge in [0.1, 0.15) is 48.0 Å². The number of amides is 8. The molecule has 0 aromatic heterocycles. The lowest BCUT2D eigenvalue weighted by molar-refractivity contribution is -0.142. The molecule has 0 bridgehead atoms. The Hall–Kier alpha value is -6.01. The highest BCUT2D eigenvalue weighted by Crippen LogP contribution is 2.14. The first-order chi connectivity index (χ1) is 32.4. The van der Waals surface area contributed by atoms with E-state index in [0.29, 0.717) is 24.2 Å². The summed E-state index contributed by atoms with van der Waals surface area (Å²) in [5.41, 5.74) is 6.77. The number of carbonyl (C=O) groups is 10. The molecule has 1 rings (SSSR count). The molecule has 0 spiro atoms. The largest absolute Gasteiger partial charge is 0.508 e. The number of rotatable bonds is 32. The maximum atomic E-state index is 13.8. The van der Waals surface area contributed by atoms with Crippen LogP contribution in [0.25, 0.3) is 0 Å². The van der Waals surface area contributed by atoms with Gasteiger partial charge in [0.2, 0.25) is 47.3 Å². The number of benzene rings is 1. The molecule has 0 heterocycles. The third-order valence-corrected chi connectivity index (χ3v) is 11.8. The summed E-state index contributed by atoms with van der Waals surface area (Å²) >= 11 is 1.40. The lowest BCUT2D eigenvalue weighted by Gasteiger charge is -2.29. The van der Waals surface area contributed by atoms with Crippen LogP contribution in [0.2, 0.25) is 0 Å². The predicted octanol–water partition coefficient (Wildman–Crippen LogP) is -1.38. The summed E-state index contributed by atoms with van der Waals surface area (Å²) in [4.78, 5) is 130. The molecule has 69 heavy (non-hydrogen) atoms. The van der Waals surface area contributed by atoms with Gasteiger partial charge in [-0.2, -0.15) is 11.8 Å². The number of hydrogen-bond acceptors (Lipinski definition) is 14. The normalized spacial score (nSPS) is 15.5. The Morgan fingerprint density at radius 1 is 0.623 bits per heavy atom. The number of phenolic OH excluding ortho intramolecular Hbond substituents is 1. The molecule has 0 aliphatic heterocycles. The number of hydrogen-bond donors (Lipinski definition) is 13. The highest BCUT2D eigenvalue weighted by molar-refractivity contribution is 7.98. The van der Waals surface area contributed by atoms with Gasteiger partial charge in [-0.15, -0.1) is 0 Å². The Morgan fingerprint density at radius 2 is 1.14 bits per heavy atom. The van der Waals surface area contributed by atoms with E-state index in [9.17, 15) is 68.4 Å². The smallest absolute Gasteiger partial charge is 0.326 e. The third kappa shape index (κ3) is 22.3. The molecule has 8 amide bonds. The van der Waals surface area contributed by atoms with Crippen LogP contribution in [0.1, 0.15) is 92.6 Å². The second-order valence-electron chi connectivity index (χ2n) is 17.3. The van der Waals surface area contributed by atoms with E-state index >= 15 is 0 Å². The van der Waals surface area contributed by atoms with Crippen LogP contribution < -0.4 is 48.3 Å². The van der Waals surface area contributed by atoms with Gasteiger partial charge in [0.15, 0.2) is 0 Å². The number of thioether (sulfide) groups is 1. The van der Waals surface area contributed by atoms with Crippen molar-refractivity contribution >= 4 is 71.0 Å². The van der Waals surface area contributed by atoms with E-state index < -0.39 is 145 Å². The number of aliphatic hydroxyl groups is 1. The molecule has 0 unspecified atom stereocenters. The minimum absolute atomic E-state index is 0.0300. The van der Waals surface area contributed by atoms with Gasteiger partial charge in [0, 0.05) is 6.42 Å². The van der Waals surface area contributed by atoms with Crippen LogP contribution in [0.5, 0.6) is 5.75 Å². The van der Waals surface area contributed by atoms with Crippen LogP contribution >= 0.6 is 11.8 Å². The molecule has 23 nitrogen and oxygen atoms in total. The SMILES string of the molecule is CC[C@H](C)[C@H](NC(=O)[C@H](CO)NC(=O)[C@H](CCC(=O)O)NC(=O)[C@H](C)NC(=O)[C@@H](NC(=O)[C@@H](N)Cc1ccc(O)cc1)[C@@H](C)CC)C(=O)N[C@@H](CC(C)C)C(=O)NCC(=O)N[C@@H](CCSC)C(=O)O. The zero-order valence-electron chi connectivity index (χ0n) is 40.6. The Balaban J connectivity index is 3.14. The van der Waals surface area contributed by atoms with Crippen molar-refractivity contribution in [3.8, 4) is 5.75 Å². The van der Waals surface area contributed by atoms with Crippen molar-refractivity contribution in [2.75, 3.05) is 25.2 Å². The van der Waals surface area contributed by atoms with Gasteiger partial charge in [0.25, 0.3) is 0 Å². The minimum atomic E-state index is -1.74. The number of nitrogens with two attached hydrogens (primary N) is 1. The summed E-state index contributed by atoms with van der Waals surface area (Å²) in [6.07, 6.45) is 1.76. The standard InChI is InChI=1S/C45H73N9O14S/c1-9-24(5)36(53-39(61)29(46)20-27-11-13-28(56)14-12-27)43(65)48-26(7)38(60)50-30(15-16-35(58)59)41(63)52-33(22-55)42(64)54-37(25(6)10-2)44(66)51-32(19-23(3)4)40(62)47-21-34(57)49-31(45(67)68)17-18-69-8/h11-14,23-26,29-33,36-37,55-56H,9-10,15-22,46H2,1-8H3,(H,47,62)(H,48,65)(H,49,57)(H,50,60)(H,51,66)(H,52,63)(H,53,61)(H,54,64)(H,58,59)(H,67,68)/t24-,25-,26-,29-,30-,31-,32-,33-,36-,37-/m0/s1. The van der Waals surface area contributed by atoms with E-state index in [4.69, 9.17) is 5.73 Å². The number of aromatic hydroxyl groups is 1. The first-order valence-corrected chi connectivity index (χ1v) is 24.3. The fourth-order valence-electron chi connectivity index (χ4n) is 6.56. The highest BCUT2D eigenvalue weighted by atomic mass is 32.2. The number of carbonyl (C=O) groups excluding carboxylic acids is 8. The van der Waals surface area contributed by atoms with Crippen molar-refractivity contribution < 1.29 is 68.4 Å². The summed E-state index contributed by atoms with van der Waals surface area (Å²) in [5.74, 6) is -10.1. The molecule has 0 aliphatic carbocycles. The summed E-state index contributed by atoms with van der Waals surface area (Å²) in [5, 5.41) is 58.2. The summed E-state index contributed by atoms with van der Waals surface area (Å²) in [7, 11) is 0. The predicted molar refractivity (Wildman–Crippen MR) is 255 cm³/mol. The number of nitrogens with one attached hydrogen (secondary N) is 8. The molecular weight excluding hydrogens is 923 g/mol. The van der Waals surface area contributed by atoms with Crippen LogP contribution in [-0.4, -0.2) is 153 Å². The number of aliphatic hydroxyl groups excluding tert-OH is 1. The third-order valence-electron chi connectivity index (χ3n) is 11.2. The van der Waals surface area contributed by atoms with Crippen LogP contribution in [0.3, 0.4) is 0 Å². The monoisotopic (exact) mass is 995 g/mol. The van der Waals surface area contributed by atoms with Crippen LogP contribution in [0.15, 0.2) is 24.3 Å². The molecule has 0 fully saturated rings. The van der Waals surface area contributed by atoms with E-state index in [1.165, 1.54) is 30.8 Å². The Morgan fingerprint density at radius 3 is 1.65 bits per heavy atom. The fourth-order valence-corrected chi connectivity index (χ4v) is 7.03. The van der Waals surface area contributed by atoms with Crippen molar-refractivity contribution in [1.29, 1.82) is 0 Å². The fraction of sp³-hybridized carbons (Fsp3) is 0.644. The molecule has 0 saturated heterocycles. The quantitative estimate of drug-likeness (QED) is 0.0396. The molecule has 1 aromatic carbocycles. The molecule has 388 valence electrons. The Bertz CT molecular complexity index is 1910. The van der Waals surface area contributed by atoms with Gasteiger partial charge in [-0.3, -0.25) is 43.2 Å². The zero-order chi connectivity index (χ0) is 52.5. The molecule has 14 N–H and O–H groups in total. The molecule has 1 aromatic rings. The van der Waals surface area contributed by atoms with Gasteiger partial charge >= 0.3 is 11.9 Å². The van der Waals surface area contributed by atoms with Crippen molar-refractivity contribution in [3.63, 3.8) is 0 Å². The van der Waals surface area contributed by atoms with Gasteiger partial charge in [-0.1, -0.05) is 66.5 Å². The zero-order valence-corrected chi connectivity index (χ0v) is 41.4. The van der Waals surface area contributed by atoms with Gasteiger partial charge in [0.05, 0.1) is 19.2 Å². The second kappa shape index (κ2) is 31.2. The minimum Gasteiger partial charge on any atom is -0.508 e. The van der Waals surface area contributed by atoms with E-state index in [1.54, 1.807) is 59.9 Å². The maximum absolute atomic E-state index is 13.8. The second-order valence-corrected chi connectivity index (χ2v) is 18.3. The van der Waals surface area contributed by atoms with Crippen molar-refractivity contribution in [1.82, 2.24) is 42.5 Å². The lowest BCUT2D eigenvalue weighted by atomic mass is 9.96. The molecule has 24 heteroatoms. The van der Waals surface area contributed by atoms with Crippen LogP contribution in [0.4, 0.5) is 0 Å². The van der Waals surface area contributed by atoms with Crippen LogP contribution in [-0.2, 0) is 54.4 Å². The molecule has 0 aliphatic rings. The van der Waals surface area contributed by atoms with Gasteiger partial charge < -0.3 is 68.7 Å². The van der Waals surface area contributed by atoms with Crippen LogP contribution in [0, 0.1) is 17.8 Å². The lowest BCUT2D eigenvalue weighted by Crippen LogP contribution is -2.61. The summed E-state index contributed by atoms with van der Waals surface area (Å²) < 4.78 is 0. The Kier molecular flexibility index (Phi) is 27.6. The van der Waals surface area contributed by atoms with Gasteiger partial charge in [-0.05, 0) is 80.1 Å². The molecule has 0 radical (unpaired) electrons. The molecule has 10 atom stereocenters. The summed E-state index contributed by atoms with van der Waals surface area (Å²) in [6, 6.07) is -4.58. The maximum Gasteiger partial charge on any atom is 0.326 e. The average molecular weight is 996 g/mol. The van der Waals surface area contributed by atoms with E-state index in [-0.39, 0.29) is 30.9 Å². The Labute approximate surface area is 406 Å². The van der Waals surface area contributed by atoms with Crippen molar-refractivity contribution in [2.24, 2.45) is 23.5 Å². The molecular formula is C45H73N9O14S. The number of phenols is 1. The van der Waals surface area contributed by atoms with Crippen molar-refractivity contribution in [3.05, 3.63) is 29.8 Å². The van der Waals surface area contributed by atoms with Crippen molar-refractivity contribution in [2.45, 2.75) is 142 Å². The van der Waals surface area contributed by atoms with E-state index in [0.717, 1.165) is 0 Å². The topological polar surface area (TPSA) is 374 Å². The highest BCUT2D eigenvalue weighted by Gasteiger charge is 2.35. The number of aliphatic carboxylic acids is 2. The first kappa shape index (κ1) is 61.0. The van der Waals surface area contributed by atoms with E-state index in [2.05, 4.69) is 42.5 Å². The summed E-state index contributed by atoms with van der Waals surface area (Å²) in [6.45, 7) is 10.1. The first-order valence-electron chi connectivity index (χ1n) is 22.9. The molecule has 0 saturated carbocycles.